The van der Waals surface area contributed by atoms with Crippen LogP contribution < -0.4 is 15.7 Å². The van der Waals surface area contributed by atoms with Crippen molar-refractivity contribution in [1.82, 2.24) is 15.5 Å². The first kappa shape index (κ1) is 28.5. The number of hydrogen-bond acceptors (Lipinski definition) is 7. The van der Waals surface area contributed by atoms with Crippen molar-refractivity contribution in [3.05, 3.63) is 35.9 Å². The van der Waals surface area contributed by atoms with E-state index in [0.717, 1.165) is 5.56 Å². The van der Waals surface area contributed by atoms with E-state index in [2.05, 4.69) is 10.6 Å². The van der Waals surface area contributed by atoms with Crippen molar-refractivity contribution in [2.24, 2.45) is 0 Å². The molecule has 1 aliphatic heterocycles. The van der Waals surface area contributed by atoms with Crippen LogP contribution in [-0.4, -0.2) is 71.6 Å². The zero-order chi connectivity index (χ0) is 26.2. The molecule has 10 heteroatoms. The quantitative estimate of drug-likeness (QED) is 0.519. The highest BCUT2D eigenvalue weighted by molar-refractivity contribution is 7.98. The van der Waals surface area contributed by atoms with Crippen LogP contribution in [0.5, 0.6) is 0 Å². The van der Waals surface area contributed by atoms with Crippen molar-refractivity contribution in [3.8, 4) is 0 Å². The zero-order valence-electron chi connectivity index (χ0n) is 21.1. The number of piperidine rings is 1. The Morgan fingerprint density at radius 1 is 1.11 bits per heavy atom. The average Bonchev–Trinajstić information content (AvgIpc) is 2.80. The van der Waals surface area contributed by atoms with Crippen LogP contribution in [0.1, 0.15) is 52.5 Å². The Morgan fingerprint density at radius 2 is 1.71 bits per heavy atom. The van der Waals surface area contributed by atoms with E-state index in [9.17, 15) is 24.3 Å². The van der Waals surface area contributed by atoms with Gasteiger partial charge in [-0.15, -0.1) is 0 Å². The molecule has 0 spiro atoms. The van der Waals surface area contributed by atoms with Crippen molar-refractivity contribution in [1.29, 1.82) is 0 Å². The van der Waals surface area contributed by atoms with E-state index in [1.807, 2.05) is 36.6 Å². The molecular formula is C25H36N3O6S-. The predicted octanol–water partition coefficient (Wildman–Crippen LogP) is 1.45. The second-order valence-corrected chi connectivity index (χ2v) is 10.8. The van der Waals surface area contributed by atoms with Gasteiger partial charge in [0.15, 0.2) is 0 Å². The number of thioether (sulfide) groups is 1. The zero-order valence-corrected chi connectivity index (χ0v) is 21.9. The average molecular weight is 507 g/mol. The van der Waals surface area contributed by atoms with Crippen LogP contribution in [0.25, 0.3) is 0 Å². The minimum absolute atomic E-state index is 0.227. The molecule has 2 N–H and O–H groups in total. The van der Waals surface area contributed by atoms with Gasteiger partial charge in [0.25, 0.3) is 0 Å². The molecule has 0 bridgehead atoms. The molecule has 0 aromatic heterocycles. The highest BCUT2D eigenvalue weighted by atomic mass is 32.2. The molecule has 0 radical (unpaired) electrons. The maximum atomic E-state index is 13.6. The molecule has 35 heavy (non-hydrogen) atoms. The van der Waals surface area contributed by atoms with Gasteiger partial charge in [-0.05, 0) is 64.5 Å². The van der Waals surface area contributed by atoms with E-state index in [1.54, 1.807) is 25.7 Å². The Bertz CT molecular complexity index is 894. The van der Waals surface area contributed by atoms with Gasteiger partial charge in [0.05, 0.1) is 17.4 Å². The van der Waals surface area contributed by atoms with Crippen molar-refractivity contribution < 1.29 is 29.0 Å². The first-order valence-electron chi connectivity index (χ1n) is 11.7. The van der Waals surface area contributed by atoms with Crippen LogP contribution in [-0.2, 0) is 24.5 Å². The summed E-state index contributed by atoms with van der Waals surface area (Å²) in [4.78, 5) is 51.7. The number of carboxylic acids is 1. The number of carbonyl (C=O) groups is 4. The third-order valence-electron chi connectivity index (χ3n) is 5.98. The largest absolute Gasteiger partial charge is 0.548 e. The van der Waals surface area contributed by atoms with Gasteiger partial charge in [-0.3, -0.25) is 9.59 Å². The number of nitrogens with one attached hydrogen (secondary N) is 2. The van der Waals surface area contributed by atoms with Crippen molar-refractivity contribution in [3.63, 3.8) is 0 Å². The van der Waals surface area contributed by atoms with Crippen LogP contribution in [0.2, 0.25) is 0 Å². The van der Waals surface area contributed by atoms with Crippen LogP contribution in [0.3, 0.4) is 0 Å². The number of aliphatic carboxylic acids is 1. The summed E-state index contributed by atoms with van der Waals surface area (Å²) < 4.78 is 5.47. The first-order valence-corrected chi connectivity index (χ1v) is 13.1. The molecule has 0 aliphatic carbocycles. The van der Waals surface area contributed by atoms with Gasteiger partial charge in [0.1, 0.15) is 11.6 Å². The Balaban J connectivity index is 2.15. The summed E-state index contributed by atoms with van der Waals surface area (Å²) in [6, 6.07) is 7.19. The predicted molar refractivity (Wildman–Crippen MR) is 133 cm³/mol. The lowest BCUT2D eigenvalue weighted by atomic mass is 9.72. The highest BCUT2D eigenvalue weighted by Crippen LogP contribution is 2.36. The molecule has 2 rings (SSSR count). The Morgan fingerprint density at radius 3 is 2.23 bits per heavy atom. The van der Waals surface area contributed by atoms with Gasteiger partial charge in [-0.25, -0.2) is 4.79 Å². The highest BCUT2D eigenvalue weighted by Gasteiger charge is 2.45. The molecular weight excluding hydrogens is 470 g/mol. The van der Waals surface area contributed by atoms with Gasteiger partial charge in [0.2, 0.25) is 11.8 Å². The van der Waals surface area contributed by atoms with E-state index in [1.165, 1.54) is 18.7 Å². The van der Waals surface area contributed by atoms with Crippen molar-refractivity contribution in [2.75, 3.05) is 25.1 Å². The molecule has 2 atom stereocenters. The molecule has 1 saturated heterocycles. The van der Waals surface area contributed by atoms with Crippen LogP contribution in [0.15, 0.2) is 30.3 Å². The van der Waals surface area contributed by atoms with E-state index < -0.39 is 41.1 Å². The number of likely N-dealkylation sites (tertiary alicyclic amines) is 1. The minimum atomic E-state index is -1.36. The summed E-state index contributed by atoms with van der Waals surface area (Å²) in [6.07, 6.45) is 2.35. The topological polar surface area (TPSA) is 128 Å². The minimum Gasteiger partial charge on any atom is -0.548 e. The standard InChI is InChI=1S/C25H37N3O6S/c1-17(20(29)27-19(21(30)31)11-16-35-5)26-22(32)25(18-9-7-6-8-10-18)12-14-28(15-13-25)23(33)34-24(2,3)4/h6-10,17,19H,11-16H2,1-5H3,(H,26,32)(H,27,29)(H,30,31)/p-1. The van der Waals surface area contributed by atoms with Gasteiger partial charge < -0.3 is 30.2 Å². The lowest BCUT2D eigenvalue weighted by Crippen LogP contribution is -2.58. The molecule has 1 aromatic carbocycles. The normalized spacial score (nSPS) is 17.1. The Labute approximate surface area is 211 Å². The lowest BCUT2D eigenvalue weighted by Gasteiger charge is -2.41. The monoisotopic (exact) mass is 506 g/mol. The summed E-state index contributed by atoms with van der Waals surface area (Å²) in [5, 5.41) is 16.6. The number of carboxylic acid groups (broad SMARTS) is 1. The van der Waals surface area contributed by atoms with Crippen LogP contribution in [0.4, 0.5) is 4.79 Å². The fraction of sp³-hybridized carbons (Fsp3) is 0.600. The molecule has 1 aliphatic rings. The molecule has 3 amide bonds. The third kappa shape index (κ3) is 7.88. The summed E-state index contributed by atoms with van der Waals surface area (Å²) in [5.41, 5.74) is -0.771. The van der Waals surface area contributed by atoms with E-state index in [-0.39, 0.29) is 12.3 Å². The molecule has 9 nitrogen and oxygen atoms in total. The number of rotatable bonds is 9. The van der Waals surface area contributed by atoms with Crippen molar-refractivity contribution >= 4 is 35.6 Å². The fourth-order valence-corrected chi connectivity index (χ4v) is 4.45. The molecule has 194 valence electrons. The first-order chi connectivity index (χ1) is 16.4. The molecule has 1 aromatic rings. The number of hydrogen-bond donors (Lipinski definition) is 2. The maximum Gasteiger partial charge on any atom is 0.410 e. The molecule has 0 saturated carbocycles. The van der Waals surface area contributed by atoms with Gasteiger partial charge in [-0.2, -0.15) is 11.8 Å². The van der Waals surface area contributed by atoms with Crippen LogP contribution in [0, 0.1) is 0 Å². The number of carbonyl (C=O) groups excluding carboxylic acids is 4. The number of amides is 3. The number of benzene rings is 1. The number of ether oxygens (including phenoxy) is 1. The van der Waals surface area contributed by atoms with E-state index in [4.69, 9.17) is 4.74 Å². The van der Waals surface area contributed by atoms with Crippen molar-refractivity contribution in [2.45, 2.75) is 70.1 Å². The van der Waals surface area contributed by atoms with E-state index >= 15 is 0 Å². The van der Waals surface area contributed by atoms with Gasteiger partial charge in [-0.1, -0.05) is 30.3 Å². The van der Waals surface area contributed by atoms with E-state index in [0.29, 0.717) is 31.7 Å². The maximum absolute atomic E-state index is 13.6. The second-order valence-electron chi connectivity index (χ2n) is 9.77. The number of nitrogens with zero attached hydrogens (tertiary/aromatic N) is 1. The summed E-state index contributed by atoms with van der Waals surface area (Å²) in [6.45, 7) is 7.56. The van der Waals surface area contributed by atoms with Gasteiger partial charge in [0, 0.05) is 13.1 Å². The summed E-state index contributed by atoms with van der Waals surface area (Å²) in [7, 11) is 0. The lowest BCUT2D eigenvalue weighted by molar-refractivity contribution is -0.308. The SMILES string of the molecule is CSCCC(NC(=O)C(C)NC(=O)C1(c2ccccc2)CCN(C(=O)OC(C)(C)C)CC1)C(=O)[O-]. The molecule has 2 unspecified atom stereocenters. The fourth-order valence-electron chi connectivity index (χ4n) is 3.98. The Hall–Kier alpha value is -2.75. The van der Waals surface area contributed by atoms with Crippen LogP contribution >= 0.6 is 11.8 Å². The Kier molecular flexibility index (Phi) is 10.00. The summed E-state index contributed by atoms with van der Waals surface area (Å²) >= 11 is 1.47. The third-order valence-corrected chi connectivity index (χ3v) is 6.63. The summed E-state index contributed by atoms with van der Waals surface area (Å²) in [5.74, 6) is -1.75. The molecule has 1 fully saturated rings. The second kappa shape index (κ2) is 12.3. The molecule has 1 heterocycles. The smallest absolute Gasteiger partial charge is 0.410 e. The van der Waals surface area contributed by atoms with Gasteiger partial charge >= 0.3 is 6.09 Å².